The van der Waals surface area contributed by atoms with Gasteiger partial charge in [-0.25, -0.2) is 13.6 Å². The van der Waals surface area contributed by atoms with E-state index in [2.05, 4.69) is 5.32 Å². The molecule has 0 saturated carbocycles. The molecule has 22 heavy (non-hydrogen) atoms. The van der Waals surface area contributed by atoms with Gasteiger partial charge in [0.05, 0.1) is 0 Å². The summed E-state index contributed by atoms with van der Waals surface area (Å²) in [5.74, 6) is -3.82. The second kappa shape index (κ2) is 7.72. The maximum absolute atomic E-state index is 13.1. The number of carbonyl (C=O) groups excluding carboxylic acids is 1. The zero-order valence-corrected chi connectivity index (χ0v) is 12.6. The highest BCUT2D eigenvalue weighted by atomic mass is 19.2. The van der Waals surface area contributed by atoms with E-state index in [1.807, 2.05) is 13.8 Å². The number of amides is 1. The average molecular weight is 315 g/mol. The molecule has 1 amide bonds. The molecule has 0 aromatic heterocycles. The van der Waals surface area contributed by atoms with Crippen LogP contribution in [-0.2, 0) is 9.59 Å². The molecule has 7 heteroatoms. The Morgan fingerprint density at radius 2 is 1.86 bits per heavy atom. The van der Waals surface area contributed by atoms with E-state index in [4.69, 9.17) is 9.84 Å². The molecule has 0 bridgehead atoms. The predicted molar refractivity (Wildman–Crippen MR) is 75.5 cm³/mol. The number of hydrogen-bond donors (Lipinski definition) is 2. The van der Waals surface area contributed by atoms with Gasteiger partial charge in [0, 0.05) is 6.07 Å². The average Bonchev–Trinajstić information content (AvgIpc) is 2.41. The second-order valence-corrected chi connectivity index (χ2v) is 5.36. The lowest BCUT2D eigenvalue weighted by atomic mass is 10.0. The predicted octanol–water partition coefficient (Wildman–Crippen LogP) is 2.35. The first-order valence-electron chi connectivity index (χ1n) is 6.85. The fourth-order valence-electron chi connectivity index (χ4n) is 1.79. The molecule has 0 saturated heterocycles. The van der Waals surface area contributed by atoms with Crippen LogP contribution in [0.4, 0.5) is 8.78 Å². The largest absolute Gasteiger partial charge is 0.481 e. The highest BCUT2D eigenvalue weighted by molar-refractivity contribution is 5.86. The van der Waals surface area contributed by atoms with E-state index in [-0.39, 0.29) is 18.1 Å². The lowest BCUT2D eigenvalue weighted by Crippen LogP contribution is -2.46. The van der Waals surface area contributed by atoms with Crippen molar-refractivity contribution in [1.82, 2.24) is 5.32 Å². The lowest BCUT2D eigenvalue weighted by molar-refractivity contribution is -0.143. The van der Waals surface area contributed by atoms with E-state index >= 15 is 0 Å². The van der Waals surface area contributed by atoms with Gasteiger partial charge in [0.1, 0.15) is 11.8 Å². The van der Waals surface area contributed by atoms with Crippen LogP contribution in [0.1, 0.15) is 27.2 Å². The number of benzene rings is 1. The van der Waals surface area contributed by atoms with Crippen molar-refractivity contribution in [2.45, 2.75) is 39.3 Å². The van der Waals surface area contributed by atoms with Crippen LogP contribution in [0.15, 0.2) is 18.2 Å². The first-order chi connectivity index (χ1) is 10.2. The number of rotatable bonds is 7. The van der Waals surface area contributed by atoms with Crippen LogP contribution in [0.25, 0.3) is 0 Å². The zero-order valence-electron chi connectivity index (χ0n) is 12.6. The molecule has 0 heterocycles. The topological polar surface area (TPSA) is 75.6 Å². The molecule has 2 N–H and O–H groups in total. The quantitative estimate of drug-likeness (QED) is 0.810. The minimum atomic E-state index is -1.14. The third-order valence-corrected chi connectivity index (χ3v) is 2.89. The summed E-state index contributed by atoms with van der Waals surface area (Å²) < 4.78 is 31.0. The maximum Gasteiger partial charge on any atom is 0.326 e. The van der Waals surface area contributed by atoms with Crippen LogP contribution < -0.4 is 10.1 Å². The van der Waals surface area contributed by atoms with E-state index in [9.17, 15) is 18.4 Å². The van der Waals surface area contributed by atoms with E-state index < -0.39 is 35.7 Å². The lowest BCUT2D eigenvalue weighted by Gasteiger charge is -2.20. The van der Waals surface area contributed by atoms with Gasteiger partial charge >= 0.3 is 5.97 Å². The Labute approximate surface area is 127 Å². The van der Waals surface area contributed by atoms with Crippen molar-refractivity contribution in [3.05, 3.63) is 29.8 Å². The molecule has 0 aliphatic rings. The Bertz CT molecular complexity index is 548. The molecular formula is C15H19F2NO4. The summed E-state index contributed by atoms with van der Waals surface area (Å²) in [6.45, 7) is 5.07. The monoisotopic (exact) mass is 315 g/mol. The molecule has 0 spiro atoms. The van der Waals surface area contributed by atoms with Crippen molar-refractivity contribution in [2.24, 2.45) is 5.92 Å². The Balaban J connectivity index is 2.67. The third-order valence-electron chi connectivity index (χ3n) is 2.89. The van der Waals surface area contributed by atoms with E-state index in [1.54, 1.807) is 0 Å². The second-order valence-electron chi connectivity index (χ2n) is 5.36. The SMILES string of the molecule is CC(C)C[C@H](NC(=O)C(C)Oc1ccc(F)c(F)c1)C(=O)O. The van der Waals surface area contributed by atoms with E-state index in [0.29, 0.717) is 0 Å². The fraction of sp³-hybridized carbons (Fsp3) is 0.467. The first kappa shape index (κ1) is 17.9. The van der Waals surface area contributed by atoms with Gasteiger partial charge in [0.15, 0.2) is 17.7 Å². The minimum absolute atomic E-state index is 0.0164. The molecule has 1 unspecified atom stereocenters. The maximum atomic E-state index is 13.1. The summed E-state index contributed by atoms with van der Waals surface area (Å²) >= 11 is 0. The Kier molecular flexibility index (Phi) is 6.27. The number of carboxylic acids is 1. The molecule has 1 rings (SSSR count). The number of aliphatic carboxylic acids is 1. The Hall–Kier alpha value is -2.18. The fourth-order valence-corrected chi connectivity index (χ4v) is 1.79. The van der Waals surface area contributed by atoms with Crippen LogP contribution >= 0.6 is 0 Å². The number of carboxylic acid groups (broad SMARTS) is 1. The molecule has 5 nitrogen and oxygen atoms in total. The van der Waals surface area contributed by atoms with Gasteiger partial charge in [0.25, 0.3) is 5.91 Å². The van der Waals surface area contributed by atoms with Gasteiger partial charge < -0.3 is 15.2 Å². The summed E-state index contributed by atoms with van der Waals surface area (Å²) in [6.07, 6.45) is -0.766. The van der Waals surface area contributed by atoms with Gasteiger partial charge in [-0.3, -0.25) is 4.79 Å². The van der Waals surface area contributed by atoms with Gasteiger partial charge in [-0.1, -0.05) is 13.8 Å². The highest BCUT2D eigenvalue weighted by Crippen LogP contribution is 2.17. The molecule has 1 aromatic carbocycles. The summed E-state index contributed by atoms with van der Waals surface area (Å²) in [4.78, 5) is 23.0. The Morgan fingerprint density at radius 1 is 1.23 bits per heavy atom. The normalized spacial score (nSPS) is 13.5. The molecule has 2 atom stereocenters. The van der Waals surface area contributed by atoms with Gasteiger partial charge in [-0.2, -0.15) is 0 Å². The number of ether oxygens (including phenoxy) is 1. The third kappa shape index (κ3) is 5.31. The van der Waals surface area contributed by atoms with Crippen LogP contribution in [0.2, 0.25) is 0 Å². The van der Waals surface area contributed by atoms with Gasteiger partial charge in [-0.05, 0) is 31.4 Å². The van der Waals surface area contributed by atoms with Crippen molar-refractivity contribution in [3.8, 4) is 5.75 Å². The molecule has 0 fully saturated rings. The van der Waals surface area contributed by atoms with Crippen LogP contribution in [0.3, 0.4) is 0 Å². The molecule has 1 aromatic rings. The number of nitrogens with one attached hydrogen (secondary N) is 1. The number of carbonyl (C=O) groups is 2. The van der Waals surface area contributed by atoms with Crippen LogP contribution in [0.5, 0.6) is 5.75 Å². The standard InChI is InChI=1S/C15H19F2NO4/c1-8(2)6-13(15(20)21)18-14(19)9(3)22-10-4-5-11(16)12(17)7-10/h4-5,7-9,13H,6H2,1-3H3,(H,18,19)(H,20,21)/t9?,13-/m0/s1. The minimum Gasteiger partial charge on any atom is -0.481 e. The number of halogens is 2. The first-order valence-corrected chi connectivity index (χ1v) is 6.85. The summed E-state index contributed by atoms with van der Waals surface area (Å²) in [7, 11) is 0. The van der Waals surface area contributed by atoms with Crippen molar-refractivity contribution >= 4 is 11.9 Å². The van der Waals surface area contributed by atoms with Crippen LogP contribution in [-0.4, -0.2) is 29.1 Å². The molecular weight excluding hydrogens is 296 g/mol. The van der Waals surface area contributed by atoms with Crippen molar-refractivity contribution in [3.63, 3.8) is 0 Å². The number of hydrogen-bond acceptors (Lipinski definition) is 3. The summed E-state index contributed by atoms with van der Waals surface area (Å²) in [6, 6.07) is 1.87. The summed E-state index contributed by atoms with van der Waals surface area (Å²) in [5.41, 5.74) is 0. The van der Waals surface area contributed by atoms with Crippen LogP contribution in [0, 0.1) is 17.6 Å². The van der Waals surface area contributed by atoms with Crippen molar-refractivity contribution in [2.75, 3.05) is 0 Å². The van der Waals surface area contributed by atoms with E-state index in [0.717, 1.165) is 12.1 Å². The summed E-state index contributed by atoms with van der Waals surface area (Å²) in [5, 5.41) is 11.4. The van der Waals surface area contributed by atoms with E-state index in [1.165, 1.54) is 13.0 Å². The molecule has 0 aliphatic heterocycles. The van der Waals surface area contributed by atoms with Gasteiger partial charge in [-0.15, -0.1) is 0 Å². The molecule has 0 aliphatic carbocycles. The zero-order chi connectivity index (χ0) is 16.9. The van der Waals surface area contributed by atoms with Gasteiger partial charge in [0.2, 0.25) is 0 Å². The highest BCUT2D eigenvalue weighted by Gasteiger charge is 2.24. The molecule has 0 radical (unpaired) electrons. The smallest absolute Gasteiger partial charge is 0.326 e. The molecule has 122 valence electrons. The van der Waals surface area contributed by atoms with Crippen molar-refractivity contribution in [1.29, 1.82) is 0 Å². The van der Waals surface area contributed by atoms with Crippen molar-refractivity contribution < 1.29 is 28.2 Å². The Morgan fingerprint density at radius 3 is 2.36 bits per heavy atom.